The molecule has 2 aliphatic rings. The molecule has 28 heteroatoms. The summed E-state index contributed by atoms with van der Waals surface area (Å²) in [6.45, 7) is 4.12. The number of ketones is 1. The Hall–Kier alpha value is -4.42. The van der Waals surface area contributed by atoms with E-state index in [9.17, 15) is 46.2 Å². The van der Waals surface area contributed by atoms with E-state index in [-0.39, 0.29) is 158 Å². The molecule has 1 amide bonds. The lowest BCUT2D eigenvalue weighted by Crippen LogP contribution is -2.45. The van der Waals surface area contributed by atoms with Crippen molar-refractivity contribution in [1.29, 1.82) is 0 Å². The number of fused-ring (bicyclic) bond motifs is 2. The monoisotopic (exact) mass is 1340 g/mol. The molecule has 2 atom stereocenters. The molecule has 4 aromatic rings. The van der Waals surface area contributed by atoms with E-state index < -0.39 is 50.8 Å². The molecule has 0 fully saturated rings. The van der Waals surface area contributed by atoms with Crippen molar-refractivity contribution < 1.29 is 74.6 Å². The van der Waals surface area contributed by atoms with E-state index in [1.54, 1.807) is 48.5 Å². The van der Waals surface area contributed by atoms with E-state index in [0.717, 1.165) is 33.4 Å². The fraction of sp³-hybridized carbons (Fsp3) is 0.533. The standard InChI is InChI=1S/C60H80Cl4N6O16S2/c1-67-36-52(50-31-45(61)33-56(63)54(50)38-67)43-7-3-10-48(29-43)87(77,78)28-6-17-82-21-25-85-24-20-81-16-5-9-47(71)35-69(41-59(73)74)14-15-70(42-60(75)76)40-58(72)65-12-18-83-22-26-86-27-23-84-19-13-66-88(79,80)49-11-4-8-44(30-49)53-37-68(2)39-55-51(53)32-46(62)34-57(55)64/h3-4,7-8,10-11,29-34,52-53,66H,5-6,9,12-28,35-42H2,1-2H3,(H,65,72)(H,73,74)(H,75,76)/t52-,53-/m0/s1. The molecule has 0 saturated heterocycles. The number of nitrogens with zero attached hydrogens (tertiary/aromatic N) is 4. The minimum atomic E-state index is -3.83. The number of carboxylic acids is 2. The lowest BCUT2D eigenvalue weighted by atomic mass is 9.85. The molecule has 6 rings (SSSR count). The molecule has 0 bridgehead atoms. The first-order chi connectivity index (χ1) is 42.1. The molecule has 0 spiro atoms. The molecule has 4 aromatic carbocycles. The van der Waals surface area contributed by atoms with Crippen molar-refractivity contribution in [3.63, 3.8) is 0 Å². The second kappa shape index (κ2) is 37.2. The Labute approximate surface area is 535 Å². The zero-order valence-corrected chi connectivity index (χ0v) is 54.3. The van der Waals surface area contributed by atoms with Crippen molar-refractivity contribution in [3.05, 3.63) is 126 Å². The molecule has 0 aromatic heterocycles. The van der Waals surface area contributed by atoms with Gasteiger partial charge >= 0.3 is 11.9 Å². The number of sulfone groups is 1. The largest absolute Gasteiger partial charge is 0.480 e. The fourth-order valence-electron chi connectivity index (χ4n) is 10.3. The predicted molar refractivity (Wildman–Crippen MR) is 334 cm³/mol. The molecule has 2 aliphatic heterocycles. The molecular weight excluding hydrogens is 1270 g/mol. The summed E-state index contributed by atoms with van der Waals surface area (Å²) >= 11 is 25.7. The molecule has 22 nitrogen and oxygen atoms in total. The van der Waals surface area contributed by atoms with Gasteiger partial charge in [0.2, 0.25) is 15.9 Å². The molecule has 0 aliphatic carbocycles. The van der Waals surface area contributed by atoms with Gasteiger partial charge in [0.15, 0.2) is 9.84 Å². The second-order valence-electron chi connectivity index (χ2n) is 21.5. The highest BCUT2D eigenvalue weighted by molar-refractivity contribution is 7.91. The van der Waals surface area contributed by atoms with E-state index in [0.29, 0.717) is 59.1 Å². The Kier molecular flexibility index (Phi) is 30.7. The third-order valence-electron chi connectivity index (χ3n) is 14.4. The number of hydrogen-bond donors (Lipinski definition) is 4. The molecule has 0 radical (unpaired) electrons. The Bertz CT molecular complexity index is 2960. The van der Waals surface area contributed by atoms with Crippen LogP contribution >= 0.6 is 46.4 Å². The van der Waals surface area contributed by atoms with Crippen molar-refractivity contribution in [3.8, 4) is 0 Å². The molecule has 0 unspecified atom stereocenters. The number of rotatable bonds is 42. The van der Waals surface area contributed by atoms with Gasteiger partial charge in [-0.25, -0.2) is 21.6 Å². The lowest BCUT2D eigenvalue weighted by Gasteiger charge is -2.33. The Morgan fingerprint density at radius 3 is 1.51 bits per heavy atom. The third kappa shape index (κ3) is 24.7. The van der Waals surface area contributed by atoms with Gasteiger partial charge in [0.1, 0.15) is 5.78 Å². The van der Waals surface area contributed by atoms with E-state index >= 15 is 0 Å². The number of sulfonamides is 1. The first-order valence-corrected chi connectivity index (χ1v) is 33.6. The van der Waals surface area contributed by atoms with Crippen LogP contribution in [0, 0.1) is 0 Å². The number of Topliss-reactive ketones (excluding diaryl/α,β-unsaturated/α-hetero) is 1. The normalized spacial score (nSPS) is 15.6. The zero-order valence-electron chi connectivity index (χ0n) is 49.6. The van der Waals surface area contributed by atoms with E-state index in [1.807, 2.05) is 38.4 Å². The summed E-state index contributed by atoms with van der Waals surface area (Å²) in [6.07, 6.45) is 0.790. The summed E-state index contributed by atoms with van der Waals surface area (Å²) in [4.78, 5) is 56.2. The molecule has 4 N–H and O–H groups in total. The number of carbonyl (C=O) groups is 4. The average molecular weight is 1350 g/mol. The van der Waals surface area contributed by atoms with Gasteiger partial charge in [-0.2, -0.15) is 0 Å². The predicted octanol–water partition coefficient (Wildman–Crippen LogP) is 5.94. The molecule has 2 heterocycles. The Morgan fingerprint density at radius 1 is 0.557 bits per heavy atom. The number of ether oxygens (including phenoxy) is 6. The van der Waals surface area contributed by atoms with Crippen LogP contribution in [-0.4, -0.2) is 235 Å². The average Bonchev–Trinajstić information content (AvgIpc) is 0.915. The molecule has 88 heavy (non-hydrogen) atoms. The van der Waals surface area contributed by atoms with Crippen LogP contribution < -0.4 is 10.0 Å². The maximum atomic E-state index is 13.3. The van der Waals surface area contributed by atoms with E-state index in [4.69, 9.17) is 74.8 Å². The van der Waals surface area contributed by atoms with Gasteiger partial charge in [-0.3, -0.25) is 29.0 Å². The first-order valence-electron chi connectivity index (χ1n) is 29.0. The number of likely N-dealkylation sites (N-methyl/N-ethyl adjacent to an activating group) is 2. The van der Waals surface area contributed by atoms with E-state index in [2.05, 4.69) is 19.8 Å². The maximum absolute atomic E-state index is 13.3. The summed E-state index contributed by atoms with van der Waals surface area (Å²) < 4.78 is 88.9. The fourth-order valence-corrected chi connectivity index (χ4v) is 13.8. The number of amides is 1. The quantitative estimate of drug-likeness (QED) is 0.0374. The van der Waals surface area contributed by atoms with Crippen molar-refractivity contribution in [2.75, 3.05) is 165 Å². The van der Waals surface area contributed by atoms with Gasteiger partial charge in [-0.05, 0) is 109 Å². The Morgan fingerprint density at radius 2 is 1.00 bits per heavy atom. The number of carbonyl (C=O) groups excluding carboxylic acids is 2. The molecule has 486 valence electrons. The SMILES string of the molecule is CN1Cc2c(Cl)cc(Cl)cc2[C@H](c2cccc(S(=O)(=O)CCCOCCOCCOCCCC(=O)CN(CCN(CC(=O)O)CC(=O)NCCOCCOCCOCCNS(=O)(=O)c3cccc([C@@H]4CN(C)Cc5c(Cl)cc(Cl)cc54)c3)CC(=O)O)c2)C1. The van der Waals surface area contributed by atoms with Crippen LogP contribution in [0.15, 0.2) is 82.6 Å². The van der Waals surface area contributed by atoms with Crippen LogP contribution in [0.4, 0.5) is 0 Å². The van der Waals surface area contributed by atoms with Crippen molar-refractivity contribution in [2.45, 2.75) is 54.0 Å². The highest BCUT2D eigenvalue weighted by Gasteiger charge is 2.30. The lowest BCUT2D eigenvalue weighted by molar-refractivity contribution is -0.141. The number of benzene rings is 4. The van der Waals surface area contributed by atoms with Gasteiger partial charge in [0, 0.05) is 104 Å². The zero-order chi connectivity index (χ0) is 63.6. The topological polar surface area (TPSA) is 269 Å². The Balaban J connectivity index is 0.751. The minimum Gasteiger partial charge on any atom is -0.480 e. The van der Waals surface area contributed by atoms with Gasteiger partial charge in [-0.15, -0.1) is 0 Å². The number of hydrogen-bond acceptors (Lipinski definition) is 18. The van der Waals surface area contributed by atoms with Crippen LogP contribution in [0.25, 0.3) is 0 Å². The smallest absolute Gasteiger partial charge is 0.317 e. The highest BCUT2D eigenvalue weighted by Crippen LogP contribution is 2.40. The van der Waals surface area contributed by atoms with Crippen LogP contribution in [0.1, 0.15) is 64.5 Å². The van der Waals surface area contributed by atoms with Crippen molar-refractivity contribution >= 4 is 89.9 Å². The number of halogens is 4. The van der Waals surface area contributed by atoms with Crippen LogP contribution in [-0.2, 0) is 80.5 Å². The summed E-state index contributed by atoms with van der Waals surface area (Å²) in [6, 6.07) is 21.1. The van der Waals surface area contributed by atoms with Gasteiger partial charge in [-0.1, -0.05) is 70.7 Å². The maximum Gasteiger partial charge on any atom is 0.317 e. The summed E-state index contributed by atoms with van der Waals surface area (Å²) in [7, 11) is -3.43. The number of carboxylic acid groups (broad SMARTS) is 2. The van der Waals surface area contributed by atoms with Crippen LogP contribution in [0.2, 0.25) is 20.1 Å². The summed E-state index contributed by atoms with van der Waals surface area (Å²) in [5.74, 6) is -3.36. The third-order valence-corrected chi connectivity index (χ3v) is 18.8. The van der Waals surface area contributed by atoms with Crippen molar-refractivity contribution in [1.82, 2.24) is 29.6 Å². The van der Waals surface area contributed by atoms with Gasteiger partial charge < -0.3 is 53.8 Å². The van der Waals surface area contributed by atoms with Crippen LogP contribution in [0.5, 0.6) is 0 Å². The second-order valence-corrected chi connectivity index (χ2v) is 27.1. The minimum absolute atomic E-state index is 0.00198. The molecule has 0 saturated carbocycles. The van der Waals surface area contributed by atoms with Gasteiger partial charge in [0.05, 0.1) is 108 Å². The van der Waals surface area contributed by atoms with Gasteiger partial charge in [0.25, 0.3) is 0 Å². The first kappa shape index (κ1) is 72.6. The van der Waals surface area contributed by atoms with Crippen LogP contribution in [0.3, 0.4) is 0 Å². The molecular formula is C60H80Cl4N6O16S2. The number of nitrogens with one attached hydrogen (secondary N) is 2. The van der Waals surface area contributed by atoms with E-state index in [1.165, 1.54) is 9.80 Å². The van der Waals surface area contributed by atoms with Crippen molar-refractivity contribution in [2.24, 2.45) is 0 Å². The highest BCUT2D eigenvalue weighted by atomic mass is 35.5. The summed E-state index contributed by atoms with van der Waals surface area (Å²) in [5.41, 5.74) is 5.63. The number of aliphatic carboxylic acids is 2. The summed E-state index contributed by atoms with van der Waals surface area (Å²) in [5, 5.41) is 23.9.